The Bertz CT molecular complexity index is 1470. The fourth-order valence-corrected chi connectivity index (χ4v) is 5.26. The number of phenolic OH excluding ortho intramolecular Hbond substituents is 1. The van der Waals surface area contributed by atoms with Crippen molar-refractivity contribution >= 4 is 23.6 Å². The molecular formula is C35H43N3O5. The van der Waals surface area contributed by atoms with E-state index < -0.39 is 23.8 Å². The number of phenols is 1. The molecule has 2 atom stereocenters. The predicted octanol–water partition coefficient (Wildman–Crippen LogP) is 6.43. The van der Waals surface area contributed by atoms with Crippen LogP contribution >= 0.6 is 0 Å². The van der Waals surface area contributed by atoms with Crippen LogP contribution in [0.5, 0.6) is 5.75 Å². The topological polar surface area (TPSA) is 108 Å². The Morgan fingerprint density at radius 2 is 1.49 bits per heavy atom. The van der Waals surface area contributed by atoms with Gasteiger partial charge in [-0.25, -0.2) is 4.79 Å². The number of ether oxygens (including phenoxy) is 1. The lowest BCUT2D eigenvalue weighted by atomic mass is 9.94. The molecule has 0 aromatic heterocycles. The summed E-state index contributed by atoms with van der Waals surface area (Å²) in [6, 6.07) is 16.0. The van der Waals surface area contributed by atoms with Gasteiger partial charge < -0.3 is 25.4 Å². The number of amides is 3. The number of aromatic hydroxyl groups is 1. The first-order chi connectivity index (χ1) is 20.2. The molecule has 3 aromatic carbocycles. The van der Waals surface area contributed by atoms with E-state index in [0.29, 0.717) is 0 Å². The molecule has 3 N–H and O–H groups in total. The first-order valence-electron chi connectivity index (χ1n) is 14.8. The number of nitrogens with one attached hydrogen (secondary N) is 2. The van der Waals surface area contributed by atoms with Gasteiger partial charge in [0.15, 0.2) is 0 Å². The van der Waals surface area contributed by atoms with E-state index >= 15 is 0 Å². The number of carbonyl (C=O) groups is 3. The summed E-state index contributed by atoms with van der Waals surface area (Å²) < 4.78 is 5.52. The summed E-state index contributed by atoms with van der Waals surface area (Å²) in [7, 11) is 0. The molecule has 4 rings (SSSR count). The summed E-state index contributed by atoms with van der Waals surface area (Å²) in [6.45, 7) is 13.1. The SMILES string of the molecule is Cc1cccc(C(C(=O)Nc2c(C)cccc2C)N(C(=O)C(Cc2ccc(O)cc2)NC(=O)OC(C)(C)C)C2CC2)c1C. The zero-order valence-electron chi connectivity index (χ0n) is 26.2. The molecule has 0 saturated heterocycles. The molecule has 0 spiro atoms. The van der Waals surface area contributed by atoms with Crippen molar-refractivity contribution < 1.29 is 24.2 Å². The molecule has 1 saturated carbocycles. The van der Waals surface area contributed by atoms with Crippen molar-refractivity contribution in [3.05, 3.63) is 94.0 Å². The van der Waals surface area contributed by atoms with Crippen LogP contribution in [-0.2, 0) is 20.7 Å². The highest BCUT2D eigenvalue weighted by atomic mass is 16.6. The molecule has 0 heterocycles. The molecule has 43 heavy (non-hydrogen) atoms. The lowest BCUT2D eigenvalue weighted by Gasteiger charge is -2.35. The Kier molecular flexibility index (Phi) is 9.48. The molecule has 0 bridgehead atoms. The van der Waals surface area contributed by atoms with Gasteiger partial charge in [-0.3, -0.25) is 9.59 Å². The van der Waals surface area contributed by atoms with E-state index in [-0.39, 0.29) is 30.0 Å². The molecule has 3 amide bonds. The zero-order valence-corrected chi connectivity index (χ0v) is 26.2. The van der Waals surface area contributed by atoms with Crippen LogP contribution in [0.4, 0.5) is 10.5 Å². The van der Waals surface area contributed by atoms with E-state index in [9.17, 15) is 19.5 Å². The van der Waals surface area contributed by atoms with Crippen LogP contribution < -0.4 is 10.6 Å². The number of benzene rings is 3. The normalized spacial score (nSPS) is 14.4. The summed E-state index contributed by atoms with van der Waals surface area (Å²) in [6.07, 6.45) is 0.938. The Hall–Kier alpha value is -4.33. The van der Waals surface area contributed by atoms with Crippen LogP contribution in [-0.4, -0.2) is 45.6 Å². The monoisotopic (exact) mass is 585 g/mol. The smallest absolute Gasteiger partial charge is 0.408 e. The van der Waals surface area contributed by atoms with Crippen LogP contribution in [0.1, 0.15) is 73.0 Å². The number of alkyl carbamates (subject to hydrolysis) is 1. The number of hydrogen-bond acceptors (Lipinski definition) is 5. The average molecular weight is 586 g/mol. The van der Waals surface area contributed by atoms with Gasteiger partial charge >= 0.3 is 6.09 Å². The molecule has 8 heteroatoms. The minimum atomic E-state index is -1.01. The van der Waals surface area contributed by atoms with Gasteiger partial charge in [0.25, 0.3) is 5.91 Å². The van der Waals surface area contributed by atoms with Crippen molar-refractivity contribution in [2.45, 2.75) is 91.5 Å². The van der Waals surface area contributed by atoms with E-state index in [1.165, 1.54) is 0 Å². The third kappa shape index (κ3) is 7.95. The van der Waals surface area contributed by atoms with E-state index in [4.69, 9.17) is 4.74 Å². The summed E-state index contributed by atoms with van der Waals surface area (Å²) in [5.74, 6) is -0.583. The van der Waals surface area contributed by atoms with Crippen molar-refractivity contribution in [3.8, 4) is 5.75 Å². The van der Waals surface area contributed by atoms with Crippen molar-refractivity contribution in [2.24, 2.45) is 0 Å². The van der Waals surface area contributed by atoms with Gasteiger partial charge in [0.1, 0.15) is 23.4 Å². The third-order valence-corrected chi connectivity index (χ3v) is 7.76. The molecule has 1 aliphatic carbocycles. The van der Waals surface area contributed by atoms with Gasteiger partial charge in [0, 0.05) is 18.2 Å². The number of nitrogens with zero attached hydrogens (tertiary/aromatic N) is 1. The molecule has 0 aliphatic heterocycles. The highest BCUT2D eigenvalue weighted by molar-refractivity contribution is 6.00. The van der Waals surface area contributed by atoms with Crippen LogP contribution in [0.25, 0.3) is 0 Å². The van der Waals surface area contributed by atoms with E-state index in [0.717, 1.165) is 51.9 Å². The number of para-hydroxylation sites is 1. The standard InChI is InChI=1S/C35H43N3O5/c1-21-10-9-13-28(24(21)4)31(32(40)37-30-22(2)11-8-12-23(30)3)38(26-16-17-26)33(41)29(36-34(42)43-35(5,6)7)20-25-14-18-27(39)19-15-25/h8-15,18-19,26,29,31,39H,16-17,20H2,1-7H3,(H,36,42)(H,37,40). The van der Waals surface area contributed by atoms with Gasteiger partial charge in [-0.1, -0.05) is 48.5 Å². The Morgan fingerprint density at radius 1 is 0.907 bits per heavy atom. The van der Waals surface area contributed by atoms with Crippen LogP contribution in [0, 0.1) is 27.7 Å². The molecule has 2 unspecified atom stereocenters. The summed E-state index contributed by atoms with van der Waals surface area (Å²) in [5.41, 5.74) is 5.23. The van der Waals surface area contributed by atoms with Crippen LogP contribution in [0.3, 0.4) is 0 Å². The first kappa shape index (κ1) is 31.6. The predicted molar refractivity (Wildman–Crippen MR) is 168 cm³/mol. The van der Waals surface area contributed by atoms with Crippen molar-refractivity contribution in [1.29, 1.82) is 0 Å². The molecule has 1 aliphatic rings. The number of anilines is 1. The Balaban J connectivity index is 1.78. The van der Waals surface area contributed by atoms with E-state index in [2.05, 4.69) is 10.6 Å². The maximum absolute atomic E-state index is 14.6. The molecule has 1 fully saturated rings. The summed E-state index contributed by atoms with van der Waals surface area (Å²) in [4.78, 5) is 43.6. The second kappa shape index (κ2) is 12.9. The maximum atomic E-state index is 14.6. The van der Waals surface area contributed by atoms with Gasteiger partial charge in [-0.15, -0.1) is 0 Å². The zero-order chi connectivity index (χ0) is 31.5. The lowest BCUT2D eigenvalue weighted by molar-refractivity contribution is -0.141. The second-order valence-corrected chi connectivity index (χ2v) is 12.5. The minimum absolute atomic E-state index is 0.101. The van der Waals surface area contributed by atoms with Gasteiger partial charge in [0.05, 0.1) is 0 Å². The first-order valence-corrected chi connectivity index (χ1v) is 14.8. The minimum Gasteiger partial charge on any atom is -0.508 e. The van der Waals surface area contributed by atoms with Gasteiger partial charge in [0.2, 0.25) is 5.91 Å². The molecule has 228 valence electrons. The quantitative estimate of drug-likeness (QED) is 0.268. The van der Waals surface area contributed by atoms with E-state index in [1.54, 1.807) is 49.9 Å². The highest BCUT2D eigenvalue weighted by Crippen LogP contribution is 2.38. The number of carbonyl (C=O) groups excluding carboxylic acids is 3. The highest BCUT2D eigenvalue weighted by Gasteiger charge is 2.44. The number of aryl methyl sites for hydroxylation is 3. The fourth-order valence-electron chi connectivity index (χ4n) is 5.26. The number of hydrogen-bond donors (Lipinski definition) is 3. The van der Waals surface area contributed by atoms with Gasteiger partial charge in [-0.2, -0.15) is 0 Å². The maximum Gasteiger partial charge on any atom is 0.408 e. The third-order valence-electron chi connectivity index (χ3n) is 7.76. The molecule has 3 aromatic rings. The van der Waals surface area contributed by atoms with Crippen molar-refractivity contribution in [3.63, 3.8) is 0 Å². The largest absolute Gasteiger partial charge is 0.508 e. The van der Waals surface area contributed by atoms with Crippen molar-refractivity contribution in [2.75, 3.05) is 5.32 Å². The van der Waals surface area contributed by atoms with Crippen molar-refractivity contribution in [1.82, 2.24) is 10.2 Å². The summed E-state index contributed by atoms with van der Waals surface area (Å²) >= 11 is 0. The van der Waals surface area contributed by atoms with Crippen LogP contribution in [0.2, 0.25) is 0 Å². The Labute approximate surface area is 254 Å². The summed E-state index contributed by atoms with van der Waals surface area (Å²) in [5, 5.41) is 15.7. The second-order valence-electron chi connectivity index (χ2n) is 12.5. The van der Waals surface area contributed by atoms with E-state index in [1.807, 2.05) is 64.1 Å². The molecular weight excluding hydrogens is 542 g/mol. The number of rotatable bonds is 9. The van der Waals surface area contributed by atoms with Gasteiger partial charge in [-0.05, 0) is 107 Å². The molecule has 8 nitrogen and oxygen atoms in total. The lowest BCUT2D eigenvalue weighted by Crippen LogP contribution is -2.54. The fraction of sp³-hybridized carbons (Fsp3) is 0.400. The Morgan fingerprint density at radius 3 is 2.07 bits per heavy atom. The average Bonchev–Trinajstić information content (AvgIpc) is 3.76. The molecule has 0 radical (unpaired) electrons. The van der Waals surface area contributed by atoms with Crippen LogP contribution in [0.15, 0.2) is 60.7 Å².